The molecule has 1 N–H and O–H groups in total. The molecule has 0 amide bonds. The Bertz CT molecular complexity index is 623. The molecular formula is C15H19ClN4. The van der Waals surface area contributed by atoms with Crippen molar-refractivity contribution in [3.05, 3.63) is 23.4 Å². The molecule has 2 aliphatic rings. The summed E-state index contributed by atoms with van der Waals surface area (Å²) in [6.07, 6.45) is 5.93. The minimum Gasteiger partial charge on any atom is -0.354 e. The van der Waals surface area contributed by atoms with E-state index in [2.05, 4.69) is 14.8 Å². The van der Waals surface area contributed by atoms with Gasteiger partial charge in [-0.15, -0.1) is 0 Å². The first-order valence-electron chi connectivity index (χ1n) is 7.44. The second-order valence-corrected chi connectivity index (χ2v) is 6.24. The van der Waals surface area contributed by atoms with Crippen molar-refractivity contribution in [3.8, 4) is 0 Å². The molecular weight excluding hydrogens is 272 g/mol. The van der Waals surface area contributed by atoms with Crippen molar-refractivity contribution in [2.75, 3.05) is 31.1 Å². The number of aromatic amines is 1. The maximum Gasteiger partial charge on any atom is 0.141 e. The van der Waals surface area contributed by atoms with Gasteiger partial charge in [0.05, 0.1) is 5.02 Å². The van der Waals surface area contributed by atoms with Crippen LogP contribution in [0, 0.1) is 0 Å². The van der Waals surface area contributed by atoms with Gasteiger partial charge in [0.1, 0.15) is 11.5 Å². The van der Waals surface area contributed by atoms with E-state index < -0.39 is 0 Å². The number of nitrogens with one attached hydrogen (secondary N) is 1. The van der Waals surface area contributed by atoms with Gasteiger partial charge in [-0.25, -0.2) is 4.98 Å². The van der Waals surface area contributed by atoms with Crippen LogP contribution in [-0.4, -0.2) is 47.1 Å². The molecule has 1 atom stereocenters. The Labute approximate surface area is 123 Å². The Hall–Kier alpha value is -1.26. The molecule has 5 heteroatoms. The van der Waals surface area contributed by atoms with Crippen LogP contribution in [0.2, 0.25) is 5.02 Å². The van der Waals surface area contributed by atoms with Crippen LogP contribution in [0.15, 0.2) is 18.3 Å². The highest BCUT2D eigenvalue weighted by Crippen LogP contribution is 2.29. The minimum atomic E-state index is 0.692. The number of rotatable bonds is 1. The smallest absolute Gasteiger partial charge is 0.141 e. The molecule has 2 saturated heterocycles. The van der Waals surface area contributed by atoms with Crippen LogP contribution in [0.25, 0.3) is 11.0 Å². The SMILES string of the molecule is Clc1cc(N2CCN3CCCC[C@@H]3C2)nc2[nH]ccc12. The van der Waals surface area contributed by atoms with Gasteiger partial charge in [0.25, 0.3) is 0 Å². The molecule has 2 aliphatic heterocycles. The molecule has 4 heterocycles. The summed E-state index contributed by atoms with van der Waals surface area (Å²) < 4.78 is 0. The van der Waals surface area contributed by atoms with Crippen molar-refractivity contribution >= 4 is 28.5 Å². The van der Waals surface area contributed by atoms with Gasteiger partial charge in [-0.2, -0.15) is 0 Å². The van der Waals surface area contributed by atoms with Gasteiger partial charge < -0.3 is 9.88 Å². The lowest BCUT2D eigenvalue weighted by Crippen LogP contribution is -2.55. The zero-order chi connectivity index (χ0) is 13.5. The topological polar surface area (TPSA) is 35.2 Å². The number of hydrogen-bond donors (Lipinski definition) is 1. The fourth-order valence-electron chi connectivity index (χ4n) is 3.51. The van der Waals surface area contributed by atoms with Gasteiger partial charge >= 0.3 is 0 Å². The zero-order valence-corrected chi connectivity index (χ0v) is 12.2. The number of piperazine rings is 1. The van der Waals surface area contributed by atoms with Gasteiger partial charge in [-0.3, -0.25) is 4.90 Å². The number of hydrogen-bond acceptors (Lipinski definition) is 3. The molecule has 2 aromatic rings. The maximum absolute atomic E-state index is 6.36. The molecule has 0 spiro atoms. The zero-order valence-electron chi connectivity index (χ0n) is 11.5. The number of anilines is 1. The molecule has 2 fully saturated rings. The van der Waals surface area contributed by atoms with E-state index in [9.17, 15) is 0 Å². The van der Waals surface area contributed by atoms with Gasteiger partial charge in [0.15, 0.2) is 0 Å². The Morgan fingerprint density at radius 1 is 1.25 bits per heavy atom. The molecule has 4 nitrogen and oxygen atoms in total. The first kappa shape index (κ1) is 12.5. The number of fused-ring (bicyclic) bond motifs is 2. The summed E-state index contributed by atoms with van der Waals surface area (Å²) in [5, 5.41) is 1.80. The van der Waals surface area contributed by atoms with Crippen molar-refractivity contribution in [1.29, 1.82) is 0 Å². The lowest BCUT2D eigenvalue weighted by molar-refractivity contribution is 0.133. The van der Waals surface area contributed by atoms with Crippen molar-refractivity contribution in [3.63, 3.8) is 0 Å². The van der Waals surface area contributed by atoms with Gasteiger partial charge in [-0.05, 0) is 25.5 Å². The maximum atomic E-state index is 6.36. The quantitative estimate of drug-likeness (QED) is 0.877. The van der Waals surface area contributed by atoms with Crippen LogP contribution in [0.5, 0.6) is 0 Å². The van der Waals surface area contributed by atoms with Crippen LogP contribution in [0.1, 0.15) is 19.3 Å². The van der Waals surface area contributed by atoms with E-state index in [0.29, 0.717) is 6.04 Å². The molecule has 0 aliphatic carbocycles. The highest BCUT2D eigenvalue weighted by atomic mass is 35.5. The summed E-state index contributed by atoms with van der Waals surface area (Å²) in [6.45, 7) is 4.54. The van der Waals surface area contributed by atoms with Crippen molar-refractivity contribution in [2.45, 2.75) is 25.3 Å². The largest absolute Gasteiger partial charge is 0.354 e. The molecule has 0 unspecified atom stereocenters. The lowest BCUT2D eigenvalue weighted by Gasteiger charge is -2.44. The average molecular weight is 291 g/mol. The number of halogens is 1. The molecule has 106 valence electrons. The summed E-state index contributed by atoms with van der Waals surface area (Å²) in [4.78, 5) is 12.9. The van der Waals surface area contributed by atoms with E-state index in [4.69, 9.17) is 16.6 Å². The van der Waals surface area contributed by atoms with Gasteiger partial charge in [0.2, 0.25) is 0 Å². The molecule has 0 aromatic carbocycles. The lowest BCUT2D eigenvalue weighted by atomic mass is 9.99. The Kier molecular flexibility index (Phi) is 3.08. The predicted molar refractivity (Wildman–Crippen MR) is 82.5 cm³/mol. The average Bonchev–Trinajstić information content (AvgIpc) is 2.96. The number of piperidine rings is 1. The molecule has 20 heavy (non-hydrogen) atoms. The monoisotopic (exact) mass is 290 g/mol. The van der Waals surface area contributed by atoms with E-state index in [1.807, 2.05) is 18.3 Å². The van der Waals surface area contributed by atoms with E-state index >= 15 is 0 Å². The fraction of sp³-hybridized carbons (Fsp3) is 0.533. The third-order valence-electron chi connectivity index (χ3n) is 4.63. The third kappa shape index (κ3) is 2.07. The Balaban J connectivity index is 1.62. The van der Waals surface area contributed by atoms with E-state index in [-0.39, 0.29) is 0 Å². The summed E-state index contributed by atoms with van der Waals surface area (Å²) in [6, 6.07) is 4.68. The van der Waals surface area contributed by atoms with Crippen LogP contribution in [0.3, 0.4) is 0 Å². The third-order valence-corrected chi connectivity index (χ3v) is 4.94. The summed E-state index contributed by atoms with van der Waals surface area (Å²) in [7, 11) is 0. The molecule has 0 radical (unpaired) electrons. The predicted octanol–water partition coefficient (Wildman–Crippen LogP) is 2.89. The second-order valence-electron chi connectivity index (χ2n) is 5.83. The van der Waals surface area contributed by atoms with E-state index in [0.717, 1.165) is 41.5 Å². The molecule has 0 saturated carbocycles. The first-order chi connectivity index (χ1) is 9.81. The van der Waals surface area contributed by atoms with Gasteiger partial charge in [0, 0.05) is 43.3 Å². The fourth-order valence-corrected chi connectivity index (χ4v) is 3.76. The van der Waals surface area contributed by atoms with Gasteiger partial charge in [-0.1, -0.05) is 18.0 Å². The summed E-state index contributed by atoms with van der Waals surface area (Å²) in [5.41, 5.74) is 0.888. The number of aromatic nitrogens is 2. The number of pyridine rings is 1. The van der Waals surface area contributed by atoms with Crippen LogP contribution >= 0.6 is 11.6 Å². The van der Waals surface area contributed by atoms with Crippen LogP contribution in [-0.2, 0) is 0 Å². The number of nitrogens with zero attached hydrogens (tertiary/aromatic N) is 3. The normalized spacial score (nSPS) is 24.1. The van der Waals surface area contributed by atoms with Crippen LogP contribution < -0.4 is 4.90 Å². The minimum absolute atomic E-state index is 0.692. The van der Waals surface area contributed by atoms with Crippen molar-refractivity contribution < 1.29 is 0 Å². The van der Waals surface area contributed by atoms with Crippen LogP contribution in [0.4, 0.5) is 5.82 Å². The second kappa shape index (κ2) is 4.93. The van der Waals surface area contributed by atoms with Crippen molar-refractivity contribution in [1.82, 2.24) is 14.9 Å². The standard InChI is InChI=1S/C15H19ClN4/c16-13-9-14(18-15-12(13)4-5-17-15)20-8-7-19-6-2-1-3-11(19)10-20/h4-5,9,11H,1-3,6-8,10H2,(H,17,18)/t11-/m1/s1. The van der Waals surface area contributed by atoms with E-state index in [1.54, 1.807) is 0 Å². The van der Waals surface area contributed by atoms with E-state index in [1.165, 1.54) is 25.8 Å². The summed E-state index contributed by atoms with van der Waals surface area (Å²) in [5.74, 6) is 1.01. The molecule has 4 rings (SSSR count). The highest BCUT2D eigenvalue weighted by molar-refractivity contribution is 6.35. The molecule has 0 bridgehead atoms. The first-order valence-corrected chi connectivity index (χ1v) is 7.82. The summed E-state index contributed by atoms with van der Waals surface area (Å²) >= 11 is 6.36. The number of H-pyrrole nitrogens is 1. The highest BCUT2D eigenvalue weighted by Gasteiger charge is 2.29. The van der Waals surface area contributed by atoms with Crippen molar-refractivity contribution in [2.24, 2.45) is 0 Å². The Morgan fingerprint density at radius 3 is 3.15 bits per heavy atom. The molecule has 2 aromatic heterocycles. The Morgan fingerprint density at radius 2 is 2.20 bits per heavy atom.